The van der Waals surface area contributed by atoms with Crippen molar-refractivity contribution < 1.29 is 0 Å². The molecule has 3 aliphatic rings. The Hall–Kier alpha value is -7.81. The maximum absolute atomic E-state index is 5.02. The SMILES string of the molecule is C1=CNC(c2cc(-c3ccc(-c4ccc5c(ccc6cc(-c7cccc8c7-c7ccccc7C87c8ccccc8-c8ccccc87)ccc65)c4)cc3)c3ccccc3n2)C=C1. The van der Waals surface area contributed by atoms with Crippen molar-refractivity contribution in [3.05, 3.63) is 246 Å². The summed E-state index contributed by atoms with van der Waals surface area (Å²) in [7, 11) is 0. The van der Waals surface area contributed by atoms with Gasteiger partial charge in [0.25, 0.3) is 0 Å². The quantitative estimate of drug-likeness (QED) is 0.180. The van der Waals surface area contributed by atoms with E-state index in [0.29, 0.717) is 0 Å². The van der Waals surface area contributed by atoms with Gasteiger partial charge in [0.2, 0.25) is 0 Å². The average molecular weight is 775 g/mol. The Bertz CT molecular complexity index is 3470. The van der Waals surface area contributed by atoms with Gasteiger partial charge >= 0.3 is 0 Å². The van der Waals surface area contributed by atoms with Crippen LogP contribution in [-0.2, 0) is 5.41 Å². The third-order valence-electron chi connectivity index (χ3n) is 13.5. The van der Waals surface area contributed by atoms with Gasteiger partial charge in [-0.2, -0.15) is 0 Å². The highest BCUT2D eigenvalue weighted by Crippen LogP contribution is 2.64. The van der Waals surface area contributed by atoms with Gasteiger partial charge in [-0.1, -0.05) is 182 Å². The number of pyridine rings is 1. The van der Waals surface area contributed by atoms with Gasteiger partial charge in [0.15, 0.2) is 0 Å². The normalized spacial score (nSPS) is 15.2. The number of dihydropyridines is 1. The highest BCUT2D eigenvalue weighted by atomic mass is 14.9. The first-order chi connectivity index (χ1) is 30.2. The van der Waals surface area contributed by atoms with Crippen molar-refractivity contribution in [2.75, 3.05) is 0 Å². The molecule has 13 rings (SSSR count). The molecule has 1 atom stereocenters. The first kappa shape index (κ1) is 34.1. The molecule has 1 N–H and O–H groups in total. The van der Waals surface area contributed by atoms with Crippen LogP contribution in [0.2, 0.25) is 0 Å². The van der Waals surface area contributed by atoms with E-state index < -0.39 is 0 Å². The van der Waals surface area contributed by atoms with Gasteiger partial charge in [-0.25, -0.2) is 0 Å². The Morgan fingerprint density at radius 1 is 0.393 bits per heavy atom. The number of rotatable bonds is 4. The molecule has 10 aromatic rings. The number of nitrogens with zero attached hydrogens (tertiary/aromatic N) is 1. The number of para-hydroxylation sites is 1. The lowest BCUT2D eigenvalue weighted by molar-refractivity contribution is 0.725. The van der Waals surface area contributed by atoms with Crippen LogP contribution in [0.25, 0.3) is 88.1 Å². The predicted octanol–water partition coefficient (Wildman–Crippen LogP) is 14.6. The summed E-state index contributed by atoms with van der Waals surface area (Å²) >= 11 is 0. The van der Waals surface area contributed by atoms with Crippen LogP contribution in [0.3, 0.4) is 0 Å². The first-order valence-corrected chi connectivity index (χ1v) is 21.2. The molecule has 1 spiro atoms. The van der Waals surface area contributed by atoms with Crippen LogP contribution in [0.4, 0.5) is 0 Å². The van der Waals surface area contributed by atoms with Gasteiger partial charge < -0.3 is 5.32 Å². The Balaban J connectivity index is 0.874. The van der Waals surface area contributed by atoms with Gasteiger partial charge in [-0.15, -0.1) is 0 Å². The minimum atomic E-state index is -0.348. The number of hydrogen-bond donors (Lipinski definition) is 1. The largest absolute Gasteiger partial charge is 0.379 e. The van der Waals surface area contributed by atoms with Crippen molar-refractivity contribution >= 4 is 32.4 Å². The minimum Gasteiger partial charge on any atom is -0.379 e. The van der Waals surface area contributed by atoms with Gasteiger partial charge in [0, 0.05) is 5.39 Å². The highest BCUT2D eigenvalue weighted by Gasteiger charge is 2.51. The van der Waals surface area contributed by atoms with Gasteiger partial charge in [0.1, 0.15) is 0 Å². The van der Waals surface area contributed by atoms with E-state index in [1.165, 1.54) is 99.4 Å². The summed E-state index contributed by atoms with van der Waals surface area (Å²) in [4.78, 5) is 5.02. The Morgan fingerprint density at radius 3 is 1.69 bits per heavy atom. The zero-order valence-corrected chi connectivity index (χ0v) is 33.3. The topological polar surface area (TPSA) is 24.9 Å². The fourth-order valence-electron chi connectivity index (χ4n) is 10.9. The smallest absolute Gasteiger partial charge is 0.0869 e. The molecule has 0 saturated carbocycles. The first-order valence-electron chi connectivity index (χ1n) is 21.2. The van der Waals surface area contributed by atoms with Crippen LogP contribution in [-0.4, -0.2) is 4.98 Å². The van der Waals surface area contributed by atoms with E-state index in [-0.39, 0.29) is 11.5 Å². The molecule has 61 heavy (non-hydrogen) atoms. The number of aromatic nitrogens is 1. The molecule has 0 amide bonds. The highest BCUT2D eigenvalue weighted by molar-refractivity contribution is 6.10. The number of nitrogens with one attached hydrogen (secondary N) is 1. The third-order valence-corrected chi connectivity index (χ3v) is 13.5. The van der Waals surface area contributed by atoms with E-state index >= 15 is 0 Å². The van der Waals surface area contributed by atoms with Crippen LogP contribution in [0.5, 0.6) is 0 Å². The van der Waals surface area contributed by atoms with Gasteiger partial charge in [0.05, 0.1) is 22.7 Å². The van der Waals surface area contributed by atoms with E-state index in [9.17, 15) is 0 Å². The van der Waals surface area contributed by atoms with Crippen molar-refractivity contribution in [2.24, 2.45) is 0 Å². The van der Waals surface area contributed by atoms with E-state index in [2.05, 4.69) is 212 Å². The van der Waals surface area contributed by atoms with Crippen LogP contribution in [0.15, 0.2) is 219 Å². The lowest BCUT2D eigenvalue weighted by Gasteiger charge is -2.30. The van der Waals surface area contributed by atoms with Crippen LogP contribution < -0.4 is 5.32 Å². The standard InChI is InChI=1S/C59H38N2/c1-5-17-51-46(12-1)47-13-2-6-18-52(47)59(51)53-19-7-3-15-49(53)58-45(16-11-20-54(58)59)42-30-32-44-41(35-42)28-27-40-34-39(29-31-43(40)44)37-23-25-38(26-24-37)50-36-57(56-22-9-10-33-60-56)61-55-21-8-4-14-48(50)55/h1-36,56,60H. The van der Waals surface area contributed by atoms with Crippen LogP contribution >= 0.6 is 0 Å². The monoisotopic (exact) mass is 774 g/mol. The molecule has 1 aliphatic heterocycles. The lowest BCUT2D eigenvalue weighted by atomic mass is 9.70. The molecule has 2 heterocycles. The zero-order valence-electron chi connectivity index (χ0n) is 33.3. The fourth-order valence-corrected chi connectivity index (χ4v) is 10.9. The van der Waals surface area contributed by atoms with Crippen molar-refractivity contribution in [3.8, 4) is 55.6 Å². The summed E-state index contributed by atoms with van der Waals surface area (Å²) in [6, 6.07) is 72.4. The molecule has 0 saturated heterocycles. The summed E-state index contributed by atoms with van der Waals surface area (Å²) in [5.74, 6) is 0. The maximum atomic E-state index is 5.02. The number of allylic oxidation sites excluding steroid dienone is 2. The molecule has 0 radical (unpaired) electrons. The molecule has 284 valence electrons. The van der Waals surface area contributed by atoms with E-state index in [0.717, 1.165) is 16.6 Å². The summed E-state index contributed by atoms with van der Waals surface area (Å²) in [6.07, 6.45) is 8.23. The van der Waals surface area contributed by atoms with E-state index in [4.69, 9.17) is 4.98 Å². The second kappa shape index (κ2) is 13.1. The molecular formula is C59H38N2. The molecule has 1 unspecified atom stereocenters. The summed E-state index contributed by atoms with van der Waals surface area (Å²) in [5.41, 5.74) is 19.8. The number of benzene rings is 9. The number of hydrogen-bond acceptors (Lipinski definition) is 2. The Labute approximate surface area is 354 Å². The van der Waals surface area contributed by atoms with E-state index in [1.54, 1.807) is 0 Å². The fraction of sp³-hybridized carbons (Fsp3) is 0.0339. The van der Waals surface area contributed by atoms with Crippen molar-refractivity contribution in [3.63, 3.8) is 0 Å². The molecule has 9 aromatic carbocycles. The van der Waals surface area contributed by atoms with Gasteiger partial charge in [-0.05, 0) is 136 Å². The maximum Gasteiger partial charge on any atom is 0.0869 e. The second-order valence-electron chi connectivity index (χ2n) is 16.6. The Kier molecular flexibility index (Phi) is 7.32. The molecule has 2 heteroatoms. The van der Waals surface area contributed by atoms with Crippen molar-refractivity contribution in [1.82, 2.24) is 10.3 Å². The molecule has 0 fully saturated rings. The zero-order chi connectivity index (χ0) is 40.1. The van der Waals surface area contributed by atoms with Crippen LogP contribution in [0, 0.1) is 0 Å². The Morgan fingerprint density at radius 2 is 0.967 bits per heavy atom. The average Bonchev–Trinajstić information content (AvgIpc) is 3.81. The molecule has 1 aromatic heterocycles. The van der Waals surface area contributed by atoms with E-state index in [1.807, 2.05) is 12.3 Å². The third kappa shape index (κ3) is 4.94. The van der Waals surface area contributed by atoms with Gasteiger partial charge in [-0.3, -0.25) is 4.98 Å². The van der Waals surface area contributed by atoms with Crippen molar-refractivity contribution in [2.45, 2.75) is 11.5 Å². The lowest BCUT2D eigenvalue weighted by Crippen LogP contribution is -2.25. The molecule has 0 bridgehead atoms. The summed E-state index contributed by atoms with van der Waals surface area (Å²) < 4.78 is 0. The molecular weight excluding hydrogens is 737 g/mol. The van der Waals surface area contributed by atoms with Crippen LogP contribution in [0.1, 0.15) is 34.0 Å². The van der Waals surface area contributed by atoms with Crippen molar-refractivity contribution in [1.29, 1.82) is 0 Å². The predicted molar refractivity (Wildman–Crippen MR) is 254 cm³/mol. The molecule has 2 aliphatic carbocycles. The second-order valence-corrected chi connectivity index (χ2v) is 16.6. The minimum absolute atomic E-state index is 0.0473. The number of fused-ring (bicyclic) bond motifs is 14. The molecule has 2 nitrogen and oxygen atoms in total. The summed E-state index contributed by atoms with van der Waals surface area (Å²) in [6.45, 7) is 0. The summed E-state index contributed by atoms with van der Waals surface area (Å²) in [5, 5.41) is 9.62.